The molecule has 0 spiro atoms. The van der Waals surface area contributed by atoms with Crippen molar-refractivity contribution >= 4 is 21.9 Å². The lowest BCUT2D eigenvalue weighted by atomic mass is 9.83. The standard InChI is InChI=1S/C16H30BrNO2/c1-16(2,14-9-12-18-13-10-14)20-15(19)8-6-4-3-5-7-11-17/h14,18H,3-13H2,1-2H3/p+1. The fourth-order valence-corrected chi connectivity index (χ4v) is 3.34. The molecule has 1 aliphatic rings. The average molecular weight is 349 g/mol. The lowest BCUT2D eigenvalue weighted by Gasteiger charge is -2.35. The van der Waals surface area contributed by atoms with Gasteiger partial charge in [0.05, 0.1) is 13.1 Å². The van der Waals surface area contributed by atoms with E-state index in [4.69, 9.17) is 4.74 Å². The van der Waals surface area contributed by atoms with E-state index < -0.39 is 0 Å². The van der Waals surface area contributed by atoms with Crippen LogP contribution in [0.4, 0.5) is 0 Å². The van der Waals surface area contributed by atoms with E-state index in [1.807, 2.05) is 0 Å². The average Bonchev–Trinajstić information content (AvgIpc) is 2.43. The number of quaternary nitrogens is 1. The highest BCUT2D eigenvalue weighted by atomic mass is 79.9. The van der Waals surface area contributed by atoms with E-state index >= 15 is 0 Å². The first kappa shape index (κ1) is 18.0. The Morgan fingerprint density at radius 3 is 2.40 bits per heavy atom. The molecule has 0 aromatic heterocycles. The molecule has 2 N–H and O–H groups in total. The summed E-state index contributed by atoms with van der Waals surface area (Å²) < 4.78 is 5.74. The fraction of sp³-hybridized carbons (Fsp3) is 0.938. The Hall–Kier alpha value is -0.0900. The maximum atomic E-state index is 12.0. The third-order valence-corrected chi connectivity index (χ3v) is 4.87. The number of rotatable bonds is 9. The van der Waals surface area contributed by atoms with Gasteiger partial charge in [0.2, 0.25) is 0 Å². The Morgan fingerprint density at radius 2 is 1.75 bits per heavy atom. The second kappa shape index (κ2) is 9.78. The summed E-state index contributed by atoms with van der Waals surface area (Å²) in [4.78, 5) is 12.0. The molecule has 1 aliphatic heterocycles. The molecular weight excluding hydrogens is 318 g/mol. The van der Waals surface area contributed by atoms with Crippen LogP contribution in [0.5, 0.6) is 0 Å². The predicted molar refractivity (Wildman–Crippen MR) is 86.1 cm³/mol. The molecule has 0 atom stereocenters. The van der Waals surface area contributed by atoms with E-state index in [0.29, 0.717) is 12.3 Å². The number of halogens is 1. The lowest BCUT2D eigenvalue weighted by molar-refractivity contribution is -0.665. The second-order valence-corrected chi connectivity index (χ2v) is 7.22. The molecule has 0 aromatic carbocycles. The summed E-state index contributed by atoms with van der Waals surface area (Å²) in [6.45, 7) is 6.49. The number of alkyl halides is 1. The molecule has 0 bridgehead atoms. The van der Waals surface area contributed by atoms with Crippen molar-refractivity contribution in [1.29, 1.82) is 0 Å². The molecule has 0 amide bonds. The molecule has 0 aliphatic carbocycles. The molecule has 20 heavy (non-hydrogen) atoms. The van der Waals surface area contributed by atoms with Gasteiger partial charge < -0.3 is 10.1 Å². The number of piperidine rings is 1. The van der Waals surface area contributed by atoms with Crippen LogP contribution in [0.15, 0.2) is 0 Å². The summed E-state index contributed by atoms with van der Waals surface area (Å²) >= 11 is 3.44. The van der Waals surface area contributed by atoms with E-state index in [-0.39, 0.29) is 11.6 Å². The van der Waals surface area contributed by atoms with Crippen LogP contribution in [0.1, 0.15) is 65.2 Å². The number of esters is 1. The third kappa shape index (κ3) is 7.07. The minimum absolute atomic E-state index is 0.00922. The second-order valence-electron chi connectivity index (χ2n) is 6.42. The summed E-state index contributed by atoms with van der Waals surface area (Å²) in [5.74, 6) is 0.514. The maximum absolute atomic E-state index is 12.0. The number of carbonyl (C=O) groups excluding carboxylic acids is 1. The van der Waals surface area contributed by atoms with Crippen LogP contribution >= 0.6 is 15.9 Å². The fourth-order valence-electron chi connectivity index (χ4n) is 2.94. The minimum Gasteiger partial charge on any atom is -0.459 e. The van der Waals surface area contributed by atoms with E-state index in [0.717, 1.165) is 31.0 Å². The largest absolute Gasteiger partial charge is 0.459 e. The highest BCUT2D eigenvalue weighted by molar-refractivity contribution is 9.09. The molecule has 0 radical (unpaired) electrons. The van der Waals surface area contributed by atoms with Crippen LogP contribution in [0.3, 0.4) is 0 Å². The van der Waals surface area contributed by atoms with Gasteiger partial charge in [-0.2, -0.15) is 0 Å². The normalized spacial score (nSPS) is 17.1. The van der Waals surface area contributed by atoms with Gasteiger partial charge in [-0.05, 0) is 26.7 Å². The molecular formula is C16H31BrNO2+. The molecule has 0 aromatic rings. The minimum atomic E-state index is -0.290. The number of hydrogen-bond donors (Lipinski definition) is 1. The highest BCUT2D eigenvalue weighted by Crippen LogP contribution is 2.28. The maximum Gasteiger partial charge on any atom is 0.306 e. The van der Waals surface area contributed by atoms with Crippen LogP contribution < -0.4 is 5.32 Å². The Labute approximate surface area is 132 Å². The van der Waals surface area contributed by atoms with Crippen molar-refractivity contribution in [3.05, 3.63) is 0 Å². The first-order valence-corrected chi connectivity index (χ1v) is 9.28. The molecule has 118 valence electrons. The van der Waals surface area contributed by atoms with Gasteiger partial charge in [-0.25, -0.2) is 0 Å². The van der Waals surface area contributed by atoms with Crippen molar-refractivity contribution in [1.82, 2.24) is 0 Å². The smallest absolute Gasteiger partial charge is 0.306 e. The zero-order valence-electron chi connectivity index (χ0n) is 13.1. The Kier molecular flexibility index (Phi) is 8.78. The van der Waals surface area contributed by atoms with Gasteiger partial charge in [0.1, 0.15) is 5.60 Å². The number of hydrogen-bond acceptors (Lipinski definition) is 2. The first-order chi connectivity index (χ1) is 9.56. The van der Waals surface area contributed by atoms with Crippen LogP contribution in [-0.2, 0) is 9.53 Å². The van der Waals surface area contributed by atoms with Gasteiger partial charge in [-0.1, -0.05) is 35.2 Å². The van der Waals surface area contributed by atoms with E-state index in [2.05, 4.69) is 35.1 Å². The zero-order chi connectivity index (χ0) is 14.8. The summed E-state index contributed by atoms with van der Waals surface area (Å²) in [7, 11) is 0. The van der Waals surface area contributed by atoms with Gasteiger partial charge in [0.15, 0.2) is 0 Å². The number of carbonyl (C=O) groups is 1. The van der Waals surface area contributed by atoms with Gasteiger partial charge in [0, 0.05) is 30.5 Å². The van der Waals surface area contributed by atoms with Crippen LogP contribution in [0.2, 0.25) is 0 Å². The van der Waals surface area contributed by atoms with Crippen molar-refractivity contribution in [3.8, 4) is 0 Å². The summed E-state index contributed by atoms with van der Waals surface area (Å²) in [5.41, 5.74) is -0.290. The van der Waals surface area contributed by atoms with Crippen molar-refractivity contribution < 1.29 is 14.8 Å². The molecule has 4 heteroatoms. The highest BCUT2D eigenvalue weighted by Gasteiger charge is 2.35. The van der Waals surface area contributed by atoms with Crippen LogP contribution in [0, 0.1) is 5.92 Å². The van der Waals surface area contributed by atoms with Crippen molar-refractivity contribution in [2.75, 3.05) is 18.4 Å². The molecule has 0 saturated carbocycles. The topological polar surface area (TPSA) is 42.9 Å². The first-order valence-electron chi connectivity index (χ1n) is 8.15. The molecule has 1 saturated heterocycles. The quantitative estimate of drug-likeness (QED) is 0.395. The third-order valence-electron chi connectivity index (χ3n) is 4.31. The summed E-state index contributed by atoms with van der Waals surface area (Å²) in [6.07, 6.45) is 8.72. The summed E-state index contributed by atoms with van der Waals surface area (Å²) in [6, 6.07) is 0. The summed E-state index contributed by atoms with van der Waals surface area (Å²) in [5, 5.41) is 3.43. The number of ether oxygens (including phenoxy) is 1. The lowest BCUT2D eigenvalue weighted by Crippen LogP contribution is -2.86. The Morgan fingerprint density at radius 1 is 1.15 bits per heavy atom. The van der Waals surface area contributed by atoms with Gasteiger partial charge in [0.25, 0.3) is 0 Å². The Balaban J connectivity index is 2.16. The SMILES string of the molecule is CC(C)(OC(=O)CCCCCCCBr)C1CC[NH2+]CC1. The molecule has 1 rings (SSSR count). The van der Waals surface area contributed by atoms with Gasteiger partial charge in [-0.3, -0.25) is 4.79 Å². The number of unbranched alkanes of at least 4 members (excludes halogenated alkanes) is 4. The van der Waals surface area contributed by atoms with E-state index in [9.17, 15) is 4.79 Å². The molecule has 0 unspecified atom stereocenters. The predicted octanol–water partition coefficient (Wildman–Crippen LogP) is 3.02. The zero-order valence-corrected chi connectivity index (χ0v) is 14.7. The molecule has 1 heterocycles. The van der Waals surface area contributed by atoms with Crippen molar-refractivity contribution in [2.45, 2.75) is 70.8 Å². The van der Waals surface area contributed by atoms with Crippen LogP contribution in [0.25, 0.3) is 0 Å². The van der Waals surface area contributed by atoms with Crippen molar-refractivity contribution in [3.63, 3.8) is 0 Å². The van der Waals surface area contributed by atoms with Crippen molar-refractivity contribution in [2.24, 2.45) is 5.92 Å². The number of nitrogens with two attached hydrogens (primary N) is 1. The van der Waals surface area contributed by atoms with Gasteiger partial charge in [-0.15, -0.1) is 0 Å². The van der Waals surface area contributed by atoms with E-state index in [1.165, 1.54) is 32.4 Å². The Bertz CT molecular complexity index is 276. The van der Waals surface area contributed by atoms with Gasteiger partial charge >= 0.3 is 5.97 Å². The van der Waals surface area contributed by atoms with E-state index in [1.54, 1.807) is 0 Å². The molecule has 3 nitrogen and oxygen atoms in total. The molecule has 1 fully saturated rings. The van der Waals surface area contributed by atoms with Crippen LogP contribution in [-0.4, -0.2) is 30.0 Å². The monoisotopic (exact) mass is 348 g/mol.